The van der Waals surface area contributed by atoms with Crippen LogP contribution in [0.25, 0.3) is 0 Å². The maximum Gasteiger partial charge on any atom is 0.265 e. The van der Waals surface area contributed by atoms with Gasteiger partial charge in [-0.25, -0.2) is 4.98 Å². The molecule has 188 valence electrons. The van der Waals surface area contributed by atoms with Crippen LogP contribution in [-0.4, -0.2) is 67.2 Å². The van der Waals surface area contributed by atoms with E-state index < -0.39 is 0 Å². The summed E-state index contributed by atoms with van der Waals surface area (Å²) in [4.78, 5) is 28.1. The topological polar surface area (TPSA) is 85.9 Å². The third-order valence-electron chi connectivity index (χ3n) is 6.58. The smallest absolute Gasteiger partial charge is 0.265 e. The summed E-state index contributed by atoms with van der Waals surface area (Å²) in [5.74, 6) is 1.91. The molecule has 1 amide bonds. The van der Waals surface area contributed by atoms with Crippen molar-refractivity contribution in [1.29, 1.82) is 0 Å². The van der Waals surface area contributed by atoms with Crippen molar-refractivity contribution in [2.75, 3.05) is 66.8 Å². The molecule has 0 radical (unpaired) electrons. The van der Waals surface area contributed by atoms with Crippen LogP contribution < -0.4 is 25.2 Å². The molecule has 0 spiro atoms. The molecule has 36 heavy (non-hydrogen) atoms. The average molecular weight is 488 g/mol. The number of nitrogens with one attached hydrogen (secondary N) is 2. The molecule has 3 aromatic rings. The number of nitrogens with zero attached hydrogens (tertiary/aromatic N) is 5. The fourth-order valence-corrected chi connectivity index (χ4v) is 4.46. The number of piperazine rings is 1. The fraction of sp³-hybridized carbons (Fsp3) is 0.370. The van der Waals surface area contributed by atoms with Crippen LogP contribution >= 0.6 is 0 Å². The van der Waals surface area contributed by atoms with Gasteiger partial charge in [0.1, 0.15) is 11.6 Å². The molecule has 1 aromatic heterocycles. The van der Waals surface area contributed by atoms with Gasteiger partial charge in [-0.2, -0.15) is 4.98 Å². The summed E-state index contributed by atoms with van der Waals surface area (Å²) in [5, 5.41) is 6.70. The van der Waals surface area contributed by atoms with Crippen molar-refractivity contribution in [2.24, 2.45) is 0 Å². The Balaban J connectivity index is 1.30. The Kier molecular flexibility index (Phi) is 6.90. The van der Waals surface area contributed by atoms with Crippen LogP contribution in [0.3, 0.4) is 0 Å². The number of hydrogen-bond acceptors (Lipinski definition) is 8. The van der Waals surface area contributed by atoms with Crippen molar-refractivity contribution in [3.05, 3.63) is 54.2 Å². The minimum absolute atomic E-state index is 0.0233. The van der Waals surface area contributed by atoms with E-state index in [1.165, 1.54) is 5.69 Å². The first kappa shape index (κ1) is 23.9. The molecule has 3 heterocycles. The normalized spacial score (nSPS) is 15.9. The number of rotatable bonds is 7. The molecule has 1 saturated heterocycles. The Bertz CT molecular complexity index is 1220. The van der Waals surface area contributed by atoms with Crippen LogP contribution in [0.5, 0.6) is 5.75 Å². The summed E-state index contributed by atoms with van der Waals surface area (Å²) in [6, 6.07) is 14.2. The molecule has 2 N–H and O–H groups in total. The molecule has 0 atom stereocenters. The number of aromatic nitrogens is 2. The molecule has 0 aliphatic carbocycles. The summed E-state index contributed by atoms with van der Waals surface area (Å²) in [5.41, 5.74) is 4.69. The maximum absolute atomic E-state index is 12.4. The van der Waals surface area contributed by atoms with Crippen LogP contribution in [0.2, 0.25) is 0 Å². The van der Waals surface area contributed by atoms with Crippen LogP contribution in [0.4, 0.5) is 34.5 Å². The number of carbonyl (C=O) groups excluding carboxylic acids is 1. The van der Waals surface area contributed by atoms with Crippen LogP contribution in [0.15, 0.2) is 48.7 Å². The van der Waals surface area contributed by atoms with Crippen LogP contribution in [0.1, 0.15) is 18.9 Å². The van der Waals surface area contributed by atoms with E-state index in [0.29, 0.717) is 18.3 Å². The molecule has 2 aliphatic heterocycles. The standard InChI is InChI=1S/C27H33N7O2/c1-4-11-34-23-16-21(7-10-24(23)36-18-25(34)35)29-26-19(2)17-28-27(31-26)30-20-5-8-22(9-6-20)33-14-12-32(3)13-15-33/h5-10,16-17H,4,11-15,18H2,1-3H3,(H2,28,29,30,31). The molecule has 2 aromatic carbocycles. The summed E-state index contributed by atoms with van der Waals surface area (Å²) in [6.45, 7) is 9.00. The first-order valence-corrected chi connectivity index (χ1v) is 12.5. The van der Waals surface area contributed by atoms with Gasteiger partial charge in [0.25, 0.3) is 5.91 Å². The van der Waals surface area contributed by atoms with E-state index in [4.69, 9.17) is 9.72 Å². The molecule has 2 aliphatic rings. The molecule has 0 unspecified atom stereocenters. The number of anilines is 6. The number of carbonyl (C=O) groups is 1. The zero-order valence-electron chi connectivity index (χ0n) is 21.1. The van der Waals surface area contributed by atoms with Gasteiger partial charge in [-0.1, -0.05) is 6.92 Å². The van der Waals surface area contributed by atoms with Crippen molar-refractivity contribution in [1.82, 2.24) is 14.9 Å². The van der Waals surface area contributed by atoms with E-state index >= 15 is 0 Å². The number of aryl methyl sites for hydroxylation is 1. The number of amides is 1. The van der Waals surface area contributed by atoms with Gasteiger partial charge in [0.05, 0.1) is 5.69 Å². The lowest BCUT2D eigenvalue weighted by atomic mass is 10.2. The van der Waals surface area contributed by atoms with Gasteiger partial charge in [0.15, 0.2) is 6.61 Å². The van der Waals surface area contributed by atoms with Gasteiger partial charge < -0.3 is 30.1 Å². The number of ether oxygens (including phenoxy) is 1. The second-order valence-electron chi connectivity index (χ2n) is 9.33. The minimum atomic E-state index is -0.0233. The lowest BCUT2D eigenvalue weighted by Crippen LogP contribution is -2.44. The Morgan fingerprint density at radius 1 is 1.00 bits per heavy atom. The first-order valence-electron chi connectivity index (χ1n) is 12.5. The number of fused-ring (bicyclic) bond motifs is 1. The number of likely N-dealkylation sites (N-methyl/N-ethyl adjacent to an activating group) is 1. The van der Waals surface area contributed by atoms with Gasteiger partial charge in [-0.15, -0.1) is 0 Å². The molecule has 1 fully saturated rings. The summed E-state index contributed by atoms with van der Waals surface area (Å²) < 4.78 is 5.62. The summed E-state index contributed by atoms with van der Waals surface area (Å²) >= 11 is 0. The zero-order valence-corrected chi connectivity index (χ0v) is 21.1. The highest BCUT2D eigenvalue weighted by Crippen LogP contribution is 2.35. The van der Waals surface area contributed by atoms with E-state index in [9.17, 15) is 4.79 Å². The van der Waals surface area contributed by atoms with Crippen molar-refractivity contribution in [3.63, 3.8) is 0 Å². The largest absolute Gasteiger partial charge is 0.482 e. The van der Waals surface area contributed by atoms with E-state index in [0.717, 1.165) is 61.0 Å². The van der Waals surface area contributed by atoms with E-state index in [-0.39, 0.29) is 12.5 Å². The second-order valence-corrected chi connectivity index (χ2v) is 9.33. The fourth-order valence-electron chi connectivity index (χ4n) is 4.46. The Labute approximate surface area is 212 Å². The maximum atomic E-state index is 12.4. The van der Waals surface area contributed by atoms with Crippen molar-refractivity contribution >= 4 is 40.4 Å². The Hall–Kier alpha value is -3.85. The molecule has 9 nitrogen and oxygen atoms in total. The van der Waals surface area contributed by atoms with Gasteiger partial charge in [-0.05, 0) is 62.9 Å². The Morgan fingerprint density at radius 2 is 1.75 bits per heavy atom. The Morgan fingerprint density at radius 3 is 2.50 bits per heavy atom. The first-order chi connectivity index (χ1) is 17.5. The molecular weight excluding hydrogens is 454 g/mol. The average Bonchev–Trinajstić information content (AvgIpc) is 2.89. The van der Waals surface area contributed by atoms with Gasteiger partial charge >= 0.3 is 0 Å². The summed E-state index contributed by atoms with van der Waals surface area (Å²) in [6.07, 6.45) is 2.67. The third-order valence-corrected chi connectivity index (χ3v) is 6.58. The monoisotopic (exact) mass is 487 g/mol. The minimum Gasteiger partial charge on any atom is -0.482 e. The molecule has 0 bridgehead atoms. The number of hydrogen-bond donors (Lipinski definition) is 2. The number of benzene rings is 2. The quantitative estimate of drug-likeness (QED) is 0.514. The predicted octanol–water partition coefficient (Wildman–Crippen LogP) is 4.16. The van der Waals surface area contributed by atoms with Gasteiger partial charge in [0.2, 0.25) is 5.95 Å². The third kappa shape index (κ3) is 5.21. The SMILES string of the molecule is CCCN1C(=O)COc2ccc(Nc3nc(Nc4ccc(N5CCN(C)CC5)cc4)ncc3C)cc21. The molecule has 0 saturated carbocycles. The van der Waals surface area contributed by atoms with Crippen molar-refractivity contribution < 1.29 is 9.53 Å². The van der Waals surface area contributed by atoms with Crippen molar-refractivity contribution in [2.45, 2.75) is 20.3 Å². The van der Waals surface area contributed by atoms with Gasteiger partial charge in [0, 0.05) is 61.5 Å². The molecule has 5 rings (SSSR count). The highest BCUT2D eigenvalue weighted by atomic mass is 16.5. The van der Waals surface area contributed by atoms with Crippen molar-refractivity contribution in [3.8, 4) is 5.75 Å². The lowest BCUT2D eigenvalue weighted by Gasteiger charge is -2.34. The highest BCUT2D eigenvalue weighted by molar-refractivity contribution is 5.98. The van der Waals surface area contributed by atoms with Crippen LogP contribution in [-0.2, 0) is 4.79 Å². The lowest BCUT2D eigenvalue weighted by molar-refractivity contribution is -0.121. The van der Waals surface area contributed by atoms with E-state index in [1.54, 1.807) is 11.1 Å². The molecule has 9 heteroatoms. The highest BCUT2D eigenvalue weighted by Gasteiger charge is 2.25. The second kappa shape index (κ2) is 10.4. The van der Waals surface area contributed by atoms with Gasteiger partial charge in [-0.3, -0.25) is 4.79 Å². The van der Waals surface area contributed by atoms with E-state index in [1.807, 2.05) is 25.1 Å². The molecular formula is C27H33N7O2. The summed E-state index contributed by atoms with van der Waals surface area (Å²) in [7, 11) is 2.16. The van der Waals surface area contributed by atoms with E-state index in [2.05, 4.69) is 63.7 Å². The predicted molar refractivity (Wildman–Crippen MR) is 144 cm³/mol. The zero-order chi connectivity index (χ0) is 25.1. The van der Waals surface area contributed by atoms with Crippen LogP contribution in [0, 0.1) is 6.92 Å².